The second-order valence-corrected chi connectivity index (χ2v) is 5.46. The summed E-state index contributed by atoms with van der Waals surface area (Å²) in [5, 5.41) is 3.15. The number of alkyl halides is 2. The van der Waals surface area contributed by atoms with Crippen LogP contribution in [0.3, 0.4) is 0 Å². The monoisotopic (exact) mass is 292 g/mol. The van der Waals surface area contributed by atoms with Gasteiger partial charge in [0.25, 0.3) is 0 Å². The molecule has 0 saturated carbocycles. The first kappa shape index (κ1) is 14.2. The van der Waals surface area contributed by atoms with Gasteiger partial charge in [0, 0.05) is 23.9 Å². The average molecular weight is 292 g/mol. The molecule has 1 aliphatic heterocycles. The van der Waals surface area contributed by atoms with Crippen molar-refractivity contribution in [2.75, 3.05) is 22.6 Å². The van der Waals surface area contributed by atoms with Crippen LogP contribution in [0.4, 0.5) is 24.5 Å². The molecule has 0 radical (unpaired) electrons. The molecule has 1 atom stereocenters. The highest BCUT2D eigenvalue weighted by atomic mass is 32.2. The summed E-state index contributed by atoms with van der Waals surface area (Å²) in [5.41, 5.74) is 6.31. The molecule has 19 heavy (non-hydrogen) atoms. The van der Waals surface area contributed by atoms with Gasteiger partial charge >= 0.3 is 6.61 Å². The number of anilines is 2. The summed E-state index contributed by atoms with van der Waals surface area (Å²) in [6.45, 7) is -3.06. The molecule has 1 aromatic rings. The van der Waals surface area contributed by atoms with Crippen LogP contribution in [0.25, 0.3) is 0 Å². The molecule has 3 N–H and O–H groups in total. The number of benzene rings is 1. The topological polar surface area (TPSA) is 47.3 Å². The molecule has 1 fully saturated rings. The second-order valence-electron chi connectivity index (χ2n) is 4.31. The highest BCUT2D eigenvalue weighted by Crippen LogP contribution is 2.31. The molecule has 0 spiro atoms. The molecule has 0 amide bonds. The van der Waals surface area contributed by atoms with Crippen molar-refractivity contribution in [3.05, 3.63) is 17.9 Å². The van der Waals surface area contributed by atoms with Crippen molar-refractivity contribution in [1.29, 1.82) is 0 Å². The minimum Gasteiger partial charge on any atom is -0.432 e. The van der Waals surface area contributed by atoms with Gasteiger partial charge in [0.1, 0.15) is 0 Å². The van der Waals surface area contributed by atoms with Gasteiger partial charge in [0.2, 0.25) is 0 Å². The van der Waals surface area contributed by atoms with Gasteiger partial charge in [-0.2, -0.15) is 20.5 Å². The smallest absolute Gasteiger partial charge is 0.387 e. The van der Waals surface area contributed by atoms with Gasteiger partial charge in [0.05, 0.1) is 11.4 Å². The molecular weight excluding hydrogens is 277 g/mol. The quantitative estimate of drug-likeness (QED) is 0.836. The fourth-order valence-corrected chi connectivity index (χ4v) is 3.03. The second kappa shape index (κ2) is 6.27. The minimum absolute atomic E-state index is 0.190. The lowest BCUT2D eigenvalue weighted by atomic mass is 10.1. The third kappa shape index (κ3) is 3.86. The van der Waals surface area contributed by atoms with E-state index in [0.29, 0.717) is 5.69 Å². The van der Waals surface area contributed by atoms with Crippen LogP contribution in [0.5, 0.6) is 5.75 Å². The number of thioether (sulfide) groups is 1. The Morgan fingerprint density at radius 3 is 2.84 bits per heavy atom. The number of hydrogen-bond donors (Lipinski definition) is 2. The van der Waals surface area contributed by atoms with Crippen molar-refractivity contribution in [2.24, 2.45) is 0 Å². The average Bonchev–Trinajstić information content (AvgIpc) is 2.36. The van der Waals surface area contributed by atoms with Crippen molar-refractivity contribution < 1.29 is 17.9 Å². The summed E-state index contributed by atoms with van der Waals surface area (Å²) in [5.74, 6) is 0.662. The van der Waals surface area contributed by atoms with Crippen LogP contribution >= 0.6 is 11.8 Å². The van der Waals surface area contributed by atoms with Crippen molar-refractivity contribution in [3.8, 4) is 5.75 Å². The molecule has 3 nitrogen and oxygen atoms in total. The summed E-state index contributed by atoms with van der Waals surface area (Å²) >= 11 is 1.82. The summed E-state index contributed by atoms with van der Waals surface area (Å²) in [7, 11) is 0. The Morgan fingerprint density at radius 1 is 1.42 bits per heavy atom. The van der Waals surface area contributed by atoms with E-state index in [1.807, 2.05) is 11.8 Å². The fourth-order valence-electron chi connectivity index (χ4n) is 1.95. The maximum atomic E-state index is 13.4. The number of ether oxygens (including phenoxy) is 1. The highest BCUT2D eigenvalue weighted by molar-refractivity contribution is 7.99. The maximum absolute atomic E-state index is 13.4. The van der Waals surface area contributed by atoms with Gasteiger partial charge in [-0.3, -0.25) is 0 Å². The number of nitrogens with two attached hydrogens (primary N) is 1. The molecule has 1 unspecified atom stereocenters. The molecule has 2 rings (SSSR count). The number of nitrogens with one attached hydrogen (secondary N) is 1. The Bertz CT molecular complexity index is 439. The Kier molecular flexibility index (Phi) is 4.68. The zero-order valence-electron chi connectivity index (χ0n) is 10.2. The van der Waals surface area contributed by atoms with Gasteiger partial charge in [-0.15, -0.1) is 0 Å². The maximum Gasteiger partial charge on any atom is 0.387 e. The van der Waals surface area contributed by atoms with Crippen molar-refractivity contribution in [3.63, 3.8) is 0 Å². The molecule has 1 heterocycles. The number of rotatable bonds is 4. The molecule has 0 aliphatic carbocycles. The van der Waals surface area contributed by atoms with Crippen LogP contribution in [-0.4, -0.2) is 24.2 Å². The van der Waals surface area contributed by atoms with E-state index in [4.69, 9.17) is 5.73 Å². The van der Waals surface area contributed by atoms with E-state index in [0.717, 1.165) is 30.4 Å². The van der Waals surface area contributed by atoms with Gasteiger partial charge in [-0.25, -0.2) is 4.39 Å². The van der Waals surface area contributed by atoms with Gasteiger partial charge in [-0.1, -0.05) is 0 Å². The van der Waals surface area contributed by atoms with Crippen molar-refractivity contribution >= 4 is 23.1 Å². The zero-order valence-corrected chi connectivity index (χ0v) is 11.0. The van der Waals surface area contributed by atoms with Gasteiger partial charge in [0.15, 0.2) is 11.6 Å². The van der Waals surface area contributed by atoms with E-state index in [-0.39, 0.29) is 11.7 Å². The van der Waals surface area contributed by atoms with Gasteiger partial charge < -0.3 is 15.8 Å². The van der Waals surface area contributed by atoms with E-state index in [1.165, 1.54) is 6.07 Å². The Labute approximate surface area is 113 Å². The number of hydrogen-bond acceptors (Lipinski definition) is 4. The number of nitrogen functional groups attached to an aromatic ring is 1. The molecular formula is C12H15F3N2OS. The summed E-state index contributed by atoms with van der Waals surface area (Å²) in [4.78, 5) is 0. The third-order valence-corrected chi connectivity index (χ3v) is 4.06. The van der Waals surface area contributed by atoms with Crippen LogP contribution < -0.4 is 15.8 Å². The lowest BCUT2D eigenvalue weighted by Gasteiger charge is -2.24. The van der Waals surface area contributed by atoms with E-state index in [9.17, 15) is 13.2 Å². The number of halogens is 3. The fraction of sp³-hybridized carbons (Fsp3) is 0.500. The first-order valence-electron chi connectivity index (χ1n) is 5.94. The van der Waals surface area contributed by atoms with E-state index >= 15 is 0 Å². The SMILES string of the molecule is Nc1cc(F)c(OC(F)F)cc1NC1CCCSC1. The molecule has 0 bridgehead atoms. The van der Waals surface area contributed by atoms with Crippen LogP contribution in [-0.2, 0) is 0 Å². The molecule has 7 heteroatoms. The third-order valence-electron chi connectivity index (χ3n) is 2.84. The Balaban J connectivity index is 2.14. The Morgan fingerprint density at radius 2 is 2.21 bits per heavy atom. The highest BCUT2D eigenvalue weighted by Gasteiger charge is 2.17. The van der Waals surface area contributed by atoms with Crippen LogP contribution in [0.15, 0.2) is 12.1 Å². The Hall–Kier alpha value is -1.24. The van der Waals surface area contributed by atoms with Crippen LogP contribution in [0, 0.1) is 5.82 Å². The summed E-state index contributed by atoms with van der Waals surface area (Å²) in [6, 6.07) is 2.40. The van der Waals surface area contributed by atoms with Crippen molar-refractivity contribution in [1.82, 2.24) is 0 Å². The van der Waals surface area contributed by atoms with E-state index in [1.54, 1.807) is 0 Å². The minimum atomic E-state index is -3.06. The van der Waals surface area contributed by atoms with Crippen LogP contribution in [0.1, 0.15) is 12.8 Å². The lowest BCUT2D eigenvalue weighted by molar-refractivity contribution is -0.0521. The molecule has 0 aromatic heterocycles. The van der Waals surface area contributed by atoms with Crippen molar-refractivity contribution in [2.45, 2.75) is 25.5 Å². The van der Waals surface area contributed by atoms with E-state index < -0.39 is 18.2 Å². The predicted octanol–water partition coefficient (Wildman–Crippen LogP) is 3.32. The normalized spacial score (nSPS) is 19.5. The molecule has 106 valence electrons. The first-order valence-corrected chi connectivity index (χ1v) is 7.10. The first-order chi connectivity index (χ1) is 9.06. The largest absolute Gasteiger partial charge is 0.432 e. The lowest BCUT2D eigenvalue weighted by Crippen LogP contribution is -2.26. The molecule has 1 saturated heterocycles. The summed E-state index contributed by atoms with van der Waals surface area (Å²) in [6.07, 6.45) is 2.07. The summed E-state index contributed by atoms with van der Waals surface area (Å²) < 4.78 is 41.8. The molecule has 1 aromatic carbocycles. The zero-order chi connectivity index (χ0) is 13.8. The van der Waals surface area contributed by atoms with Gasteiger partial charge in [-0.05, 0) is 18.6 Å². The standard InChI is InChI=1S/C12H15F3N2OS/c13-8-4-9(16)10(5-11(8)18-12(14)15)17-7-2-1-3-19-6-7/h4-5,7,12,17H,1-3,6,16H2. The van der Waals surface area contributed by atoms with E-state index in [2.05, 4.69) is 10.1 Å². The predicted molar refractivity (Wildman–Crippen MR) is 71.4 cm³/mol. The molecule has 1 aliphatic rings. The van der Waals surface area contributed by atoms with Crippen LogP contribution in [0.2, 0.25) is 0 Å².